The van der Waals surface area contributed by atoms with Crippen molar-refractivity contribution in [1.29, 1.82) is 0 Å². The molecule has 0 aliphatic rings. The average molecular weight is 589 g/mol. The highest BCUT2D eigenvalue weighted by Gasteiger charge is 2.02. The fourth-order valence-corrected chi connectivity index (χ4v) is 5.65. The van der Waals surface area contributed by atoms with Gasteiger partial charge in [-0.05, 0) is 64.2 Å². The number of esters is 1. The Morgan fingerprint density at radius 3 is 1.02 bits per heavy atom. The van der Waals surface area contributed by atoms with E-state index < -0.39 is 0 Å². The SMILES string of the molecule is CCCCCCCC/C=C\CCCCCCCCCCOC(=O)CCCCCCCCC/C=C\CCCCCCCC. The fraction of sp³-hybridized carbons (Fsp3) is 0.875. The number of allylic oxidation sites excluding steroid dienone is 4. The van der Waals surface area contributed by atoms with Gasteiger partial charge >= 0.3 is 5.97 Å². The molecule has 0 unspecified atom stereocenters. The maximum atomic E-state index is 12.0. The molecule has 0 radical (unpaired) electrons. The average Bonchev–Trinajstić information content (AvgIpc) is 3.00. The number of hydrogen-bond donors (Lipinski definition) is 0. The van der Waals surface area contributed by atoms with Gasteiger partial charge in [0.15, 0.2) is 0 Å². The Morgan fingerprint density at radius 1 is 0.381 bits per heavy atom. The van der Waals surface area contributed by atoms with E-state index in [-0.39, 0.29) is 5.97 Å². The molecule has 0 bridgehead atoms. The van der Waals surface area contributed by atoms with Gasteiger partial charge in [0.05, 0.1) is 6.61 Å². The molecule has 0 spiro atoms. The zero-order chi connectivity index (χ0) is 30.4. The summed E-state index contributed by atoms with van der Waals surface area (Å²) in [6, 6.07) is 0. The van der Waals surface area contributed by atoms with Crippen molar-refractivity contribution in [2.45, 2.75) is 219 Å². The molecular formula is C40H76O2. The van der Waals surface area contributed by atoms with Gasteiger partial charge in [0, 0.05) is 6.42 Å². The molecule has 0 fully saturated rings. The first-order valence-electron chi connectivity index (χ1n) is 19.3. The quantitative estimate of drug-likeness (QED) is 0.0418. The Bertz CT molecular complexity index is 564. The molecule has 0 aromatic heterocycles. The Balaban J connectivity index is 3.21. The molecule has 248 valence electrons. The zero-order valence-corrected chi connectivity index (χ0v) is 29.0. The molecule has 0 saturated heterocycles. The van der Waals surface area contributed by atoms with Gasteiger partial charge in [-0.15, -0.1) is 0 Å². The van der Waals surface area contributed by atoms with Gasteiger partial charge in [0.2, 0.25) is 0 Å². The third-order valence-corrected chi connectivity index (χ3v) is 8.56. The van der Waals surface area contributed by atoms with Crippen molar-refractivity contribution in [3.8, 4) is 0 Å². The van der Waals surface area contributed by atoms with Crippen LogP contribution in [0.4, 0.5) is 0 Å². The number of hydrogen-bond acceptors (Lipinski definition) is 2. The summed E-state index contributed by atoms with van der Waals surface area (Å²) in [6.45, 7) is 5.19. The van der Waals surface area contributed by atoms with Gasteiger partial charge in [-0.25, -0.2) is 0 Å². The van der Waals surface area contributed by atoms with Crippen LogP contribution in [0, 0.1) is 0 Å². The topological polar surface area (TPSA) is 26.3 Å². The lowest BCUT2D eigenvalue weighted by Crippen LogP contribution is -2.05. The number of carbonyl (C=O) groups excluding carboxylic acids is 1. The lowest BCUT2D eigenvalue weighted by molar-refractivity contribution is -0.143. The summed E-state index contributed by atoms with van der Waals surface area (Å²) >= 11 is 0. The minimum Gasteiger partial charge on any atom is -0.466 e. The summed E-state index contributed by atoms with van der Waals surface area (Å²) in [5, 5.41) is 0. The minimum absolute atomic E-state index is 0.0174. The van der Waals surface area contributed by atoms with Gasteiger partial charge < -0.3 is 4.74 Å². The van der Waals surface area contributed by atoms with E-state index in [1.807, 2.05) is 0 Å². The van der Waals surface area contributed by atoms with E-state index in [2.05, 4.69) is 38.2 Å². The molecule has 0 aromatic rings. The molecular weight excluding hydrogens is 512 g/mol. The standard InChI is InChI=1S/C40H76O2/c1-3-5-7-9-11-13-15-17-19-21-23-25-27-29-31-33-35-37-39-42-40(41)38-36-34-32-30-28-26-24-22-20-18-16-14-12-10-8-6-4-2/h17-20H,3-16,21-39H2,1-2H3/b19-17-,20-18-. The van der Waals surface area contributed by atoms with Crippen molar-refractivity contribution in [3.63, 3.8) is 0 Å². The number of rotatable bonds is 35. The predicted octanol–water partition coefficient (Wildman–Crippen LogP) is 14.2. The van der Waals surface area contributed by atoms with Crippen LogP contribution in [0.15, 0.2) is 24.3 Å². The second-order valence-electron chi connectivity index (χ2n) is 12.9. The number of unbranched alkanes of at least 4 members (excludes halogenated alkanes) is 27. The normalized spacial score (nSPS) is 11.8. The van der Waals surface area contributed by atoms with Crippen LogP contribution in [0.5, 0.6) is 0 Å². The van der Waals surface area contributed by atoms with E-state index in [4.69, 9.17) is 4.74 Å². The van der Waals surface area contributed by atoms with Gasteiger partial charge in [-0.1, -0.05) is 173 Å². The molecule has 42 heavy (non-hydrogen) atoms. The third kappa shape index (κ3) is 37.0. The molecule has 0 N–H and O–H groups in total. The van der Waals surface area contributed by atoms with Crippen LogP contribution in [0.25, 0.3) is 0 Å². The van der Waals surface area contributed by atoms with Crippen LogP contribution in [0.1, 0.15) is 219 Å². The molecule has 0 heterocycles. The Labute approximate surface area is 265 Å². The monoisotopic (exact) mass is 589 g/mol. The van der Waals surface area contributed by atoms with E-state index in [1.54, 1.807) is 0 Å². The van der Waals surface area contributed by atoms with Gasteiger partial charge in [-0.3, -0.25) is 4.79 Å². The van der Waals surface area contributed by atoms with Gasteiger partial charge in [0.25, 0.3) is 0 Å². The molecule has 0 rings (SSSR count). The molecule has 2 nitrogen and oxygen atoms in total. The molecule has 0 atom stereocenters. The van der Waals surface area contributed by atoms with E-state index in [0.29, 0.717) is 13.0 Å². The predicted molar refractivity (Wildman–Crippen MR) is 188 cm³/mol. The summed E-state index contributed by atoms with van der Waals surface area (Å²) in [5.41, 5.74) is 0. The molecule has 2 heteroatoms. The first-order chi connectivity index (χ1) is 20.8. The van der Waals surface area contributed by atoms with Crippen LogP contribution < -0.4 is 0 Å². The van der Waals surface area contributed by atoms with Crippen LogP contribution in [0.3, 0.4) is 0 Å². The first kappa shape index (κ1) is 41.0. The Kier molecular flexibility index (Phi) is 37.0. The molecule has 0 aliphatic carbocycles. The van der Waals surface area contributed by atoms with Crippen LogP contribution in [-0.4, -0.2) is 12.6 Å². The summed E-state index contributed by atoms with van der Waals surface area (Å²) in [7, 11) is 0. The smallest absolute Gasteiger partial charge is 0.305 e. The molecule has 0 saturated carbocycles. The van der Waals surface area contributed by atoms with E-state index in [0.717, 1.165) is 12.8 Å². The highest BCUT2D eigenvalue weighted by molar-refractivity contribution is 5.69. The molecule has 0 amide bonds. The van der Waals surface area contributed by atoms with Crippen molar-refractivity contribution in [1.82, 2.24) is 0 Å². The van der Waals surface area contributed by atoms with Crippen LogP contribution in [0.2, 0.25) is 0 Å². The molecule has 0 aromatic carbocycles. The van der Waals surface area contributed by atoms with Crippen LogP contribution >= 0.6 is 0 Å². The maximum absolute atomic E-state index is 12.0. The summed E-state index contributed by atoms with van der Waals surface area (Å²) in [5.74, 6) is 0.0174. The second kappa shape index (κ2) is 38.0. The van der Waals surface area contributed by atoms with E-state index in [1.165, 1.54) is 186 Å². The Morgan fingerprint density at radius 2 is 0.667 bits per heavy atom. The van der Waals surface area contributed by atoms with E-state index in [9.17, 15) is 4.79 Å². The fourth-order valence-electron chi connectivity index (χ4n) is 5.65. The Hall–Kier alpha value is -1.05. The summed E-state index contributed by atoms with van der Waals surface area (Å²) in [6.07, 6.45) is 51.1. The summed E-state index contributed by atoms with van der Waals surface area (Å²) < 4.78 is 5.45. The van der Waals surface area contributed by atoms with Crippen molar-refractivity contribution in [2.75, 3.05) is 6.61 Å². The first-order valence-corrected chi connectivity index (χ1v) is 19.3. The largest absolute Gasteiger partial charge is 0.466 e. The van der Waals surface area contributed by atoms with E-state index >= 15 is 0 Å². The molecule has 0 aliphatic heterocycles. The number of carbonyl (C=O) groups is 1. The van der Waals surface area contributed by atoms with Crippen molar-refractivity contribution in [2.24, 2.45) is 0 Å². The highest BCUT2D eigenvalue weighted by Crippen LogP contribution is 2.13. The second-order valence-corrected chi connectivity index (χ2v) is 12.9. The van der Waals surface area contributed by atoms with Crippen molar-refractivity contribution < 1.29 is 9.53 Å². The van der Waals surface area contributed by atoms with Crippen molar-refractivity contribution in [3.05, 3.63) is 24.3 Å². The lowest BCUT2D eigenvalue weighted by atomic mass is 10.1. The summed E-state index contributed by atoms with van der Waals surface area (Å²) in [4.78, 5) is 12.0. The van der Waals surface area contributed by atoms with Crippen LogP contribution in [-0.2, 0) is 9.53 Å². The maximum Gasteiger partial charge on any atom is 0.305 e. The highest BCUT2D eigenvalue weighted by atomic mass is 16.5. The number of ether oxygens (including phenoxy) is 1. The zero-order valence-electron chi connectivity index (χ0n) is 29.0. The third-order valence-electron chi connectivity index (χ3n) is 8.56. The lowest BCUT2D eigenvalue weighted by Gasteiger charge is -2.05. The van der Waals surface area contributed by atoms with Gasteiger partial charge in [-0.2, -0.15) is 0 Å². The van der Waals surface area contributed by atoms with Crippen molar-refractivity contribution >= 4 is 5.97 Å². The minimum atomic E-state index is 0.0174. The van der Waals surface area contributed by atoms with Gasteiger partial charge in [0.1, 0.15) is 0 Å².